The average Bonchev–Trinajstić information content (AvgIpc) is 2.75. The molecule has 0 spiro atoms. The molecule has 0 fully saturated rings. The minimum absolute atomic E-state index is 0.845. The van der Waals surface area contributed by atoms with Crippen molar-refractivity contribution in [2.45, 2.75) is 163 Å². The smallest absolute Gasteiger partial charge is 0.0787 e. The maximum absolute atomic E-state index is 2.56. The Labute approximate surface area is 199 Å². The molecular weight excluding hydrogens is 374 g/mol. The Hall–Kier alpha value is -0.0400. The largest absolute Gasteiger partial charge is 0.326 e. The van der Waals surface area contributed by atoms with Crippen LogP contribution in [0.15, 0.2) is 0 Å². The molecule has 0 aromatic rings. The number of quaternary nitrogens is 1. The third kappa shape index (κ3) is 22.9. The number of hydrogen-bond donors (Lipinski definition) is 0. The van der Waals surface area contributed by atoms with Gasteiger partial charge in [-0.2, -0.15) is 0 Å². The molecule has 0 aromatic carbocycles. The molecule has 0 aromatic heterocycles. The highest BCUT2D eigenvalue weighted by Crippen LogP contribution is 2.17. The maximum atomic E-state index is 2.56. The van der Waals surface area contributed by atoms with E-state index in [4.69, 9.17) is 0 Å². The Morgan fingerprint density at radius 1 is 0.419 bits per heavy atom. The second kappa shape index (κ2) is 23.1. The third-order valence-electron chi connectivity index (χ3n) is 7.35. The Morgan fingerprint density at radius 3 is 1.00 bits per heavy atom. The van der Waals surface area contributed by atoms with Crippen LogP contribution in [0.4, 0.5) is 0 Å². The fourth-order valence-electron chi connectivity index (χ4n) is 4.87. The van der Waals surface area contributed by atoms with Crippen molar-refractivity contribution in [1.29, 1.82) is 0 Å². The van der Waals surface area contributed by atoms with Gasteiger partial charge in [-0.3, -0.25) is 0 Å². The zero-order valence-electron chi connectivity index (χ0n) is 23.0. The van der Waals surface area contributed by atoms with Gasteiger partial charge in [-0.15, -0.1) is 0 Å². The normalized spacial score (nSPS) is 12.2. The van der Waals surface area contributed by atoms with Gasteiger partial charge in [0.05, 0.1) is 26.7 Å². The quantitative estimate of drug-likeness (QED) is 0.0981. The van der Waals surface area contributed by atoms with Gasteiger partial charge in [-0.25, -0.2) is 0 Å². The average molecular weight is 439 g/mol. The van der Waals surface area contributed by atoms with Crippen molar-refractivity contribution in [2.75, 3.05) is 26.7 Å². The van der Waals surface area contributed by atoms with E-state index in [2.05, 4.69) is 34.7 Å². The second-order valence-electron chi connectivity index (χ2n) is 11.3. The molecule has 0 aliphatic heterocycles. The van der Waals surface area contributed by atoms with Crippen LogP contribution in [0.2, 0.25) is 0 Å². The molecule has 0 N–H and O–H groups in total. The van der Waals surface area contributed by atoms with E-state index in [1.165, 1.54) is 159 Å². The SMILES string of the molecule is CCCCCCCCCCCC[N+](C)(CCCCCCCCCCCC)CCC(C)C. The summed E-state index contributed by atoms with van der Waals surface area (Å²) in [6.45, 7) is 13.6. The van der Waals surface area contributed by atoms with Crippen molar-refractivity contribution in [3.8, 4) is 0 Å². The molecule has 0 heterocycles. The number of unbranched alkanes of at least 4 members (excludes halogenated alkanes) is 18. The predicted molar refractivity (Wildman–Crippen MR) is 144 cm³/mol. The lowest BCUT2D eigenvalue weighted by molar-refractivity contribution is -0.910. The van der Waals surface area contributed by atoms with E-state index >= 15 is 0 Å². The first-order valence-electron chi connectivity index (χ1n) is 14.9. The van der Waals surface area contributed by atoms with Crippen molar-refractivity contribution in [3.05, 3.63) is 0 Å². The summed E-state index contributed by atoms with van der Waals surface area (Å²) in [5.74, 6) is 0.845. The van der Waals surface area contributed by atoms with Crippen molar-refractivity contribution in [2.24, 2.45) is 5.92 Å². The molecule has 0 rings (SSSR count). The Balaban J connectivity index is 3.84. The van der Waals surface area contributed by atoms with E-state index in [-0.39, 0.29) is 0 Å². The molecule has 0 aliphatic carbocycles. The number of rotatable bonds is 25. The number of nitrogens with zero attached hydrogens (tertiary/aromatic N) is 1. The van der Waals surface area contributed by atoms with E-state index in [0.717, 1.165) is 5.92 Å². The highest BCUT2D eigenvalue weighted by Gasteiger charge is 2.20. The standard InChI is InChI=1S/C30H64N/c1-6-8-10-12-14-16-18-20-22-24-27-31(5,29-26-30(3)4)28-25-23-21-19-17-15-13-11-9-7-2/h30H,6-29H2,1-5H3/q+1. The van der Waals surface area contributed by atoms with E-state index in [0.29, 0.717) is 0 Å². The minimum atomic E-state index is 0.845. The van der Waals surface area contributed by atoms with Crippen LogP contribution in [0.3, 0.4) is 0 Å². The summed E-state index contributed by atoms with van der Waals surface area (Å²) < 4.78 is 1.34. The van der Waals surface area contributed by atoms with Gasteiger partial charge in [0.15, 0.2) is 0 Å². The van der Waals surface area contributed by atoms with Crippen molar-refractivity contribution in [3.63, 3.8) is 0 Å². The van der Waals surface area contributed by atoms with Crippen molar-refractivity contribution >= 4 is 0 Å². The summed E-state index contributed by atoms with van der Waals surface area (Å²) in [6.07, 6.45) is 30.5. The van der Waals surface area contributed by atoms with Crippen LogP contribution in [0.25, 0.3) is 0 Å². The van der Waals surface area contributed by atoms with E-state index in [1.54, 1.807) is 0 Å². The molecular formula is C30H64N+. The molecule has 0 radical (unpaired) electrons. The van der Waals surface area contributed by atoms with Crippen LogP contribution >= 0.6 is 0 Å². The fraction of sp³-hybridized carbons (Fsp3) is 1.00. The molecule has 0 unspecified atom stereocenters. The fourth-order valence-corrected chi connectivity index (χ4v) is 4.87. The minimum Gasteiger partial charge on any atom is -0.326 e. The first kappa shape index (κ1) is 31.0. The van der Waals surface area contributed by atoms with E-state index in [1.807, 2.05) is 0 Å². The van der Waals surface area contributed by atoms with Gasteiger partial charge in [-0.05, 0) is 38.0 Å². The zero-order chi connectivity index (χ0) is 23.0. The Kier molecular flexibility index (Phi) is 23.1. The second-order valence-corrected chi connectivity index (χ2v) is 11.3. The third-order valence-corrected chi connectivity index (χ3v) is 7.35. The summed E-state index contributed by atoms with van der Waals surface area (Å²) in [5.41, 5.74) is 0. The lowest BCUT2D eigenvalue weighted by Gasteiger charge is -2.35. The van der Waals surface area contributed by atoms with Crippen LogP contribution in [0, 0.1) is 5.92 Å². The summed E-state index contributed by atoms with van der Waals surface area (Å²) in [4.78, 5) is 0. The van der Waals surface area contributed by atoms with Crippen LogP contribution in [-0.4, -0.2) is 31.2 Å². The molecule has 0 saturated heterocycles. The number of hydrogen-bond acceptors (Lipinski definition) is 0. The van der Waals surface area contributed by atoms with Gasteiger partial charge in [0.25, 0.3) is 0 Å². The first-order chi connectivity index (χ1) is 15.0. The van der Waals surface area contributed by atoms with E-state index < -0.39 is 0 Å². The van der Waals surface area contributed by atoms with Crippen molar-refractivity contribution < 1.29 is 4.48 Å². The molecule has 31 heavy (non-hydrogen) atoms. The molecule has 0 amide bonds. The molecule has 0 atom stereocenters. The molecule has 1 heteroatoms. The van der Waals surface area contributed by atoms with Gasteiger partial charge in [-0.1, -0.05) is 130 Å². The molecule has 1 nitrogen and oxygen atoms in total. The van der Waals surface area contributed by atoms with Gasteiger partial charge in [0.2, 0.25) is 0 Å². The zero-order valence-corrected chi connectivity index (χ0v) is 23.0. The Bertz CT molecular complexity index is 311. The van der Waals surface area contributed by atoms with Crippen LogP contribution in [0.5, 0.6) is 0 Å². The summed E-state index contributed by atoms with van der Waals surface area (Å²) in [5, 5.41) is 0. The van der Waals surface area contributed by atoms with Crippen LogP contribution in [0.1, 0.15) is 163 Å². The maximum Gasteiger partial charge on any atom is 0.0787 e. The topological polar surface area (TPSA) is 0 Å². The van der Waals surface area contributed by atoms with Gasteiger partial charge in [0.1, 0.15) is 0 Å². The summed E-state index contributed by atoms with van der Waals surface area (Å²) in [7, 11) is 2.56. The molecule has 0 saturated carbocycles. The lowest BCUT2D eigenvalue weighted by atomic mass is 10.0. The predicted octanol–water partition coefficient (Wildman–Crippen LogP) is 10.3. The lowest BCUT2D eigenvalue weighted by Crippen LogP contribution is -2.46. The monoisotopic (exact) mass is 439 g/mol. The van der Waals surface area contributed by atoms with Gasteiger partial charge in [0, 0.05) is 0 Å². The Morgan fingerprint density at radius 2 is 0.710 bits per heavy atom. The van der Waals surface area contributed by atoms with Crippen LogP contribution in [-0.2, 0) is 0 Å². The molecule has 0 aliphatic rings. The van der Waals surface area contributed by atoms with Gasteiger partial charge >= 0.3 is 0 Å². The molecule has 0 bridgehead atoms. The van der Waals surface area contributed by atoms with Gasteiger partial charge < -0.3 is 4.48 Å². The molecule has 188 valence electrons. The summed E-state index contributed by atoms with van der Waals surface area (Å²) in [6, 6.07) is 0. The van der Waals surface area contributed by atoms with Crippen LogP contribution < -0.4 is 0 Å². The highest BCUT2D eigenvalue weighted by atomic mass is 15.3. The highest BCUT2D eigenvalue weighted by molar-refractivity contribution is 4.52. The summed E-state index contributed by atoms with van der Waals surface area (Å²) >= 11 is 0. The van der Waals surface area contributed by atoms with Crippen molar-refractivity contribution in [1.82, 2.24) is 0 Å². The first-order valence-corrected chi connectivity index (χ1v) is 14.9. The van der Waals surface area contributed by atoms with E-state index in [9.17, 15) is 0 Å².